The Hall–Kier alpha value is -0.0800. The molecule has 1 aliphatic rings. The van der Waals surface area contributed by atoms with E-state index in [2.05, 4.69) is 4.90 Å². The molecule has 0 aromatic heterocycles. The van der Waals surface area contributed by atoms with Gasteiger partial charge >= 0.3 is 0 Å². The first-order chi connectivity index (χ1) is 6.43. The van der Waals surface area contributed by atoms with Gasteiger partial charge in [0.05, 0.1) is 0 Å². The van der Waals surface area contributed by atoms with Crippen LogP contribution >= 0.6 is 0 Å². The quantitative estimate of drug-likeness (QED) is 0.667. The molecule has 0 bridgehead atoms. The lowest BCUT2D eigenvalue weighted by Gasteiger charge is -2.10. The minimum atomic E-state index is 0.344. The highest BCUT2D eigenvalue weighted by Crippen LogP contribution is 2.09. The summed E-state index contributed by atoms with van der Waals surface area (Å²) in [6.45, 7) is 3.94. The van der Waals surface area contributed by atoms with Crippen molar-refractivity contribution in [3.05, 3.63) is 0 Å². The predicted molar refractivity (Wildman–Crippen MR) is 56.1 cm³/mol. The number of hydrogen-bond acceptors (Lipinski definition) is 2. The summed E-state index contributed by atoms with van der Waals surface area (Å²) >= 11 is 0. The van der Waals surface area contributed by atoms with Crippen LogP contribution in [0.15, 0.2) is 0 Å². The Kier molecular flexibility index (Phi) is 6.21. The summed E-state index contributed by atoms with van der Waals surface area (Å²) < 4.78 is 0. The zero-order valence-corrected chi connectivity index (χ0v) is 8.67. The van der Waals surface area contributed by atoms with Crippen LogP contribution in [0.2, 0.25) is 0 Å². The maximum absolute atomic E-state index is 8.75. The Morgan fingerprint density at radius 2 is 1.38 bits per heavy atom. The van der Waals surface area contributed by atoms with Gasteiger partial charge in [-0.1, -0.05) is 12.8 Å². The van der Waals surface area contributed by atoms with Gasteiger partial charge in [-0.15, -0.1) is 0 Å². The highest BCUT2D eigenvalue weighted by atomic mass is 16.3. The Morgan fingerprint density at radius 1 is 0.846 bits per heavy atom. The number of nitrogens with zero attached hydrogens (tertiary/aromatic N) is 1. The largest absolute Gasteiger partial charge is 0.396 e. The van der Waals surface area contributed by atoms with Gasteiger partial charge in [0.2, 0.25) is 0 Å². The Balaban J connectivity index is 2.16. The molecule has 1 saturated heterocycles. The van der Waals surface area contributed by atoms with Crippen molar-refractivity contribution in [2.75, 3.05) is 26.2 Å². The van der Waals surface area contributed by atoms with E-state index in [1.54, 1.807) is 0 Å². The van der Waals surface area contributed by atoms with Gasteiger partial charge in [-0.25, -0.2) is 0 Å². The molecular formula is C11H23NO+. The number of aliphatic hydroxyl groups excluding tert-OH is 1. The van der Waals surface area contributed by atoms with Gasteiger partial charge in [0.1, 0.15) is 19.6 Å². The highest BCUT2D eigenvalue weighted by Gasteiger charge is 2.14. The van der Waals surface area contributed by atoms with Crippen molar-refractivity contribution in [3.63, 3.8) is 0 Å². The van der Waals surface area contributed by atoms with Crippen molar-refractivity contribution in [1.82, 2.24) is 4.90 Å². The van der Waals surface area contributed by atoms with E-state index in [9.17, 15) is 0 Å². The van der Waals surface area contributed by atoms with Gasteiger partial charge < -0.3 is 5.11 Å². The fourth-order valence-electron chi connectivity index (χ4n) is 2.01. The first kappa shape index (κ1) is 11.0. The molecule has 0 amide bonds. The average Bonchev–Trinajstić information content (AvgIpc) is 2.28. The smallest absolute Gasteiger partial charge is 0.125 e. The monoisotopic (exact) mass is 185 g/mol. The Labute approximate surface area is 81.9 Å². The summed E-state index contributed by atoms with van der Waals surface area (Å²) in [5.41, 5.74) is 0. The lowest BCUT2D eigenvalue weighted by Crippen LogP contribution is -2.33. The molecule has 1 radical (unpaired) electrons. The zero-order valence-electron chi connectivity index (χ0n) is 8.67. The molecule has 1 fully saturated rings. The molecule has 0 saturated carbocycles. The topological polar surface area (TPSA) is 26.1 Å². The highest BCUT2D eigenvalue weighted by molar-refractivity contribution is 4.66. The van der Waals surface area contributed by atoms with Gasteiger partial charge in [0.25, 0.3) is 0 Å². The maximum atomic E-state index is 8.75. The number of hydrogen-bond donors (Lipinski definition) is 1. The van der Waals surface area contributed by atoms with Crippen molar-refractivity contribution >= 4 is 0 Å². The summed E-state index contributed by atoms with van der Waals surface area (Å²) in [6, 6.07) is 0. The molecule has 0 spiro atoms. The molecule has 0 aromatic carbocycles. The molecule has 2 heteroatoms. The number of rotatable bonds is 3. The van der Waals surface area contributed by atoms with Crippen LogP contribution in [0.3, 0.4) is 0 Å². The van der Waals surface area contributed by atoms with E-state index in [0.717, 1.165) is 13.0 Å². The van der Waals surface area contributed by atoms with Gasteiger partial charge in [-0.2, -0.15) is 4.90 Å². The minimum absolute atomic E-state index is 0.344. The Bertz CT molecular complexity index is 107. The molecule has 13 heavy (non-hydrogen) atoms. The summed E-state index contributed by atoms with van der Waals surface area (Å²) in [5, 5.41) is 8.75. The van der Waals surface area contributed by atoms with E-state index in [-0.39, 0.29) is 0 Å². The van der Waals surface area contributed by atoms with Gasteiger partial charge in [-0.3, -0.25) is 0 Å². The van der Waals surface area contributed by atoms with E-state index in [1.165, 1.54) is 51.6 Å². The summed E-state index contributed by atoms with van der Waals surface area (Å²) in [7, 11) is 0. The molecule has 2 nitrogen and oxygen atoms in total. The maximum Gasteiger partial charge on any atom is 0.125 e. The van der Waals surface area contributed by atoms with Crippen LogP contribution < -0.4 is 4.90 Å². The minimum Gasteiger partial charge on any atom is -0.396 e. The standard InChI is InChI=1S/C11H23NO/c13-11-7-10-12-8-5-3-1-2-4-6-9-12/h13H,1-11H2/q+1. The van der Waals surface area contributed by atoms with Crippen molar-refractivity contribution in [2.45, 2.75) is 44.9 Å². The van der Waals surface area contributed by atoms with Crippen molar-refractivity contribution in [3.8, 4) is 0 Å². The van der Waals surface area contributed by atoms with Crippen LogP contribution in [-0.4, -0.2) is 31.3 Å². The second kappa shape index (κ2) is 7.34. The lowest BCUT2D eigenvalue weighted by atomic mass is 10.1. The van der Waals surface area contributed by atoms with Crippen molar-refractivity contribution < 1.29 is 5.11 Å². The van der Waals surface area contributed by atoms with Crippen LogP contribution in [0, 0.1) is 0 Å². The van der Waals surface area contributed by atoms with E-state index >= 15 is 0 Å². The lowest BCUT2D eigenvalue weighted by molar-refractivity contribution is 0.267. The van der Waals surface area contributed by atoms with Crippen LogP contribution in [0.5, 0.6) is 0 Å². The van der Waals surface area contributed by atoms with Crippen LogP contribution in [0.25, 0.3) is 0 Å². The fraction of sp³-hybridized carbons (Fsp3) is 1.00. The van der Waals surface area contributed by atoms with Crippen molar-refractivity contribution in [1.29, 1.82) is 0 Å². The van der Waals surface area contributed by atoms with Crippen molar-refractivity contribution in [2.24, 2.45) is 0 Å². The summed E-state index contributed by atoms with van der Waals surface area (Å²) in [4.78, 5) is 2.52. The van der Waals surface area contributed by atoms with Crippen LogP contribution in [-0.2, 0) is 0 Å². The predicted octanol–water partition coefficient (Wildman–Crippen LogP) is 1.86. The molecule has 1 heterocycles. The second-order valence-corrected chi connectivity index (χ2v) is 4.04. The molecule has 1 rings (SSSR count). The molecule has 0 unspecified atom stereocenters. The summed E-state index contributed by atoms with van der Waals surface area (Å²) in [5.74, 6) is 0. The van der Waals surface area contributed by atoms with E-state index in [0.29, 0.717) is 6.61 Å². The van der Waals surface area contributed by atoms with Crippen LogP contribution in [0.4, 0.5) is 0 Å². The normalized spacial score (nSPS) is 21.9. The zero-order chi connectivity index (χ0) is 9.36. The molecule has 77 valence electrons. The molecule has 1 N–H and O–H groups in total. The van der Waals surface area contributed by atoms with Gasteiger partial charge in [0, 0.05) is 25.9 Å². The Morgan fingerprint density at radius 3 is 1.92 bits per heavy atom. The first-order valence-electron chi connectivity index (χ1n) is 5.76. The number of aliphatic hydroxyl groups is 1. The average molecular weight is 185 g/mol. The first-order valence-corrected chi connectivity index (χ1v) is 5.76. The molecule has 0 aromatic rings. The van der Waals surface area contributed by atoms with Gasteiger partial charge in [-0.05, 0) is 12.8 Å². The molecule has 0 aliphatic carbocycles. The molecular weight excluding hydrogens is 162 g/mol. The SMILES string of the molecule is OCCC[N+]1CCCCCCCC1. The van der Waals surface area contributed by atoms with E-state index in [4.69, 9.17) is 5.11 Å². The molecule has 1 aliphatic heterocycles. The fourth-order valence-corrected chi connectivity index (χ4v) is 2.01. The third-order valence-corrected chi connectivity index (χ3v) is 2.83. The third-order valence-electron chi connectivity index (χ3n) is 2.83. The summed E-state index contributed by atoms with van der Waals surface area (Å²) in [6.07, 6.45) is 9.30. The molecule has 0 atom stereocenters. The second-order valence-electron chi connectivity index (χ2n) is 4.04. The van der Waals surface area contributed by atoms with Gasteiger partial charge in [0.15, 0.2) is 0 Å². The van der Waals surface area contributed by atoms with E-state index in [1.807, 2.05) is 0 Å². The third kappa shape index (κ3) is 5.27. The van der Waals surface area contributed by atoms with E-state index < -0.39 is 0 Å². The van der Waals surface area contributed by atoms with Crippen LogP contribution in [0.1, 0.15) is 44.9 Å².